The Morgan fingerprint density at radius 1 is 1.15 bits per heavy atom. The first-order valence-electron chi connectivity index (χ1n) is 8.57. The van der Waals surface area contributed by atoms with Crippen LogP contribution in [0.2, 0.25) is 0 Å². The van der Waals surface area contributed by atoms with Crippen LogP contribution in [0.15, 0.2) is 60.6 Å². The van der Waals surface area contributed by atoms with E-state index < -0.39 is 11.8 Å². The summed E-state index contributed by atoms with van der Waals surface area (Å²) in [6.07, 6.45) is 5.18. The number of imidazole rings is 1. The molecule has 1 aliphatic heterocycles. The molecule has 0 bridgehead atoms. The Kier molecular flexibility index (Phi) is 4.21. The maximum atomic E-state index is 12.2. The van der Waals surface area contributed by atoms with Crippen molar-refractivity contribution in [3.63, 3.8) is 0 Å². The van der Waals surface area contributed by atoms with E-state index in [-0.39, 0.29) is 18.8 Å². The second kappa shape index (κ2) is 6.69. The van der Waals surface area contributed by atoms with Crippen molar-refractivity contribution in [3.05, 3.63) is 66.1 Å². The van der Waals surface area contributed by atoms with Crippen molar-refractivity contribution in [1.82, 2.24) is 14.3 Å². The average Bonchev–Trinajstić information content (AvgIpc) is 3.21. The fourth-order valence-corrected chi connectivity index (χ4v) is 3.08. The van der Waals surface area contributed by atoms with Crippen LogP contribution in [0.1, 0.15) is 5.56 Å². The molecule has 27 heavy (non-hydrogen) atoms. The number of fused-ring (bicyclic) bond motifs is 1. The van der Waals surface area contributed by atoms with Gasteiger partial charge in [0.05, 0.1) is 18.8 Å². The van der Waals surface area contributed by atoms with E-state index in [9.17, 15) is 9.59 Å². The van der Waals surface area contributed by atoms with E-state index in [1.807, 2.05) is 60.1 Å². The number of benzene rings is 1. The molecule has 0 spiro atoms. The van der Waals surface area contributed by atoms with Crippen LogP contribution in [0, 0.1) is 6.92 Å². The predicted molar refractivity (Wildman–Crippen MR) is 101 cm³/mol. The van der Waals surface area contributed by atoms with Crippen molar-refractivity contribution in [2.45, 2.75) is 6.92 Å². The van der Waals surface area contributed by atoms with Gasteiger partial charge in [-0.05, 0) is 30.7 Å². The van der Waals surface area contributed by atoms with Crippen molar-refractivity contribution < 1.29 is 14.7 Å². The Hall–Kier alpha value is -3.45. The quantitative estimate of drug-likeness (QED) is 0.678. The number of anilines is 1. The minimum Gasteiger partial charge on any atom is -0.395 e. The Morgan fingerprint density at radius 2 is 1.93 bits per heavy atom. The number of hydrogen-bond donors (Lipinski definition) is 2. The Balaban J connectivity index is 1.54. The summed E-state index contributed by atoms with van der Waals surface area (Å²) in [4.78, 5) is 29.7. The zero-order valence-electron chi connectivity index (χ0n) is 14.7. The van der Waals surface area contributed by atoms with Crippen LogP contribution >= 0.6 is 0 Å². The monoisotopic (exact) mass is 362 g/mol. The number of nitrogens with one attached hydrogen (secondary N) is 1. The van der Waals surface area contributed by atoms with Crippen LogP contribution in [0.25, 0.3) is 16.9 Å². The zero-order valence-corrected chi connectivity index (χ0v) is 14.7. The molecule has 1 aromatic carbocycles. The lowest BCUT2D eigenvalue weighted by atomic mass is 10.1. The van der Waals surface area contributed by atoms with Crippen LogP contribution in [0.5, 0.6) is 0 Å². The number of amides is 2. The fourth-order valence-electron chi connectivity index (χ4n) is 3.08. The summed E-state index contributed by atoms with van der Waals surface area (Å²) in [6.45, 7) is 1.75. The topological polar surface area (TPSA) is 86.9 Å². The molecule has 1 aliphatic rings. The summed E-state index contributed by atoms with van der Waals surface area (Å²) < 4.78 is 1.99. The lowest BCUT2D eigenvalue weighted by Crippen LogP contribution is -2.34. The number of carbonyl (C=O) groups is 2. The number of hydrogen-bond acceptors (Lipinski definition) is 5. The van der Waals surface area contributed by atoms with Crippen molar-refractivity contribution >= 4 is 23.1 Å². The number of β-amino-alcohol motifs (C(OH)–C–C–N with tert-alkyl or cyclic N) is 1. The largest absolute Gasteiger partial charge is 0.395 e. The summed E-state index contributed by atoms with van der Waals surface area (Å²) in [6, 6.07) is 11.5. The number of nitrogens with zero attached hydrogens (tertiary/aromatic N) is 3. The first-order valence-corrected chi connectivity index (χ1v) is 8.57. The normalized spacial score (nSPS) is 14.1. The van der Waals surface area contributed by atoms with Gasteiger partial charge in [0.2, 0.25) is 0 Å². The highest BCUT2D eigenvalue weighted by Crippen LogP contribution is 2.24. The zero-order chi connectivity index (χ0) is 19.0. The van der Waals surface area contributed by atoms with Crippen LogP contribution in [-0.4, -0.2) is 44.4 Å². The van der Waals surface area contributed by atoms with Gasteiger partial charge in [0.15, 0.2) is 0 Å². The standard InChI is InChI=1S/C20H18N4O3/c1-13-3-2-8-23-12-17(22-19(13)23)14-4-6-15(7-5-14)21-16-11-18(26)24(9-10-25)20(16)27/h2-8,11-12,21,25H,9-10H2,1H3. The third-order valence-electron chi connectivity index (χ3n) is 4.47. The molecule has 2 amide bonds. The number of carbonyl (C=O) groups excluding carboxylic acids is 2. The molecule has 7 nitrogen and oxygen atoms in total. The molecule has 0 fully saturated rings. The molecule has 3 aromatic rings. The van der Waals surface area contributed by atoms with E-state index in [0.29, 0.717) is 5.69 Å². The van der Waals surface area contributed by atoms with Crippen molar-refractivity contribution in [3.8, 4) is 11.3 Å². The smallest absolute Gasteiger partial charge is 0.277 e. The van der Waals surface area contributed by atoms with Crippen LogP contribution in [-0.2, 0) is 9.59 Å². The van der Waals surface area contributed by atoms with Gasteiger partial charge in [-0.2, -0.15) is 0 Å². The first-order chi connectivity index (χ1) is 13.1. The van der Waals surface area contributed by atoms with E-state index in [2.05, 4.69) is 10.3 Å². The lowest BCUT2D eigenvalue weighted by molar-refractivity contribution is -0.137. The van der Waals surface area contributed by atoms with Gasteiger partial charge in [-0.25, -0.2) is 4.98 Å². The molecule has 136 valence electrons. The minimum absolute atomic E-state index is 0.00835. The van der Waals surface area contributed by atoms with E-state index in [0.717, 1.165) is 27.4 Å². The van der Waals surface area contributed by atoms with E-state index in [1.165, 1.54) is 6.08 Å². The number of rotatable bonds is 5. The molecule has 0 radical (unpaired) electrons. The van der Waals surface area contributed by atoms with Gasteiger partial charge in [0, 0.05) is 29.7 Å². The number of aryl methyl sites for hydroxylation is 1. The minimum atomic E-state index is -0.436. The Labute approximate surface area is 155 Å². The molecule has 0 unspecified atom stereocenters. The Bertz CT molecular complexity index is 1070. The maximum absolute atomic E-state index is 12.2. The molecule has 4 rings (SSSR count). The van der Waals surface area contributed by atoms with Gasteiger partial charge in [0.25, 0.3) is 11.8 Å². The van der Waals surface area contributed by atoms with Crippen molar-refractivity contribution in [1.29, 1.82) is 0 Å². The highest BCUT2D eigenvalue weighted by Gasteiger charge is 2.30. The third-order valence-corrected chi connectivity index (χ3v) is 4.47. The van der Waals surface area contributed by atoms with E-state index in [4.69, 9.17) is 5.11 Å². The highest BCUT2D eigenvalue weighted by molar-refractivity contribution is 6.17. The van der Waals surface area contributed by atoms with Gasteiger partial charge >= 0.3 is 0 Å². The van der Waals surface area contributed by atoms with Crippen LogP contribution < -0.4 is 5.32 Å². The van der Waals surface area contributed by atoms with E-state index in [1.54, 1.807) is 0 Å². The second-order valence-corrected chi connectivity index (χ2v) is 6.33. The summed E-state index contributed by atoms with van der Waals surface area (Å²) >= 11 is 0. The first kappa shape index (κ1) is 17.0. The van der Waals surface area contributed by atoms with Gasteiger partial charge < -0.3 is 14.8 Å². The second-order valence-electron chi connectivity index (χ2n) is 6.33. The lowest BCUT2D eigenvalue weighted by Gasteiger charge is -2.13. The predicted octanol–water partition coefficient (Wildman–Crippen LogP) is 1.97. The molecule has 2 N–H and O–H groups in total. The van der Waals surface area contributed by atoms with Crippen LogP contribution in [0.3, 0.4) is 0 Å². The highest BCUT2D eigenvalue weighted by atomic mass is 16.3. The molecule has 0 atom stereocenters. The average molecular weight is 362 g/mol. The fraction of sp³-hybridized carbons (Fsp3) is 0.150. The van der Waals surface area contributed by atoms with Crippen molar-refractivity contribution in [2.24, 2.45) is 0 Å². The van der Waals surface area contributed by atoms with Crippen LogP contribution in [0.4, 0.5) is 5.69 Å². The number of aromatic nitrogens is 2. The van der Waals surface area contributed by atoms with Gasteiger partial charge in [-0.3, -0.25) is 14.5 Å². The molecule has 0 saturated heterocycles. The number of aliphatic hydroxyl groups is 1. The summed E-state index contributed by atoms with van der Waals surface area (Å²) in [5.41, 5.74) is 4.72. The molecular formula is C20H18N4O3. The summed E-state index contributed by atoms with van der Waals surface area (Å²) in [5, 5.41) is 11.9. The molecule has 3 heterocycles. The molecule has 0 aliphatic carbocycles. The molecule has 2 aromatic heterocycles. The van der Waals surface area contributed by atoms with Gasteiger partial charge in [-0.1, -0.05) is 18.2 Å². The van der Waals surface area contributed by atoms with Gasteiger partial charge in [0.1, 0.15) is 11.3 Å². The third kappa shape index (κ3) is 3.09. The van der Waals surface area contributed by atoms with E-state index >= 15 is 0 Å². The number of pyridine rings is 1. The Morgan fingerprint density at radius 3 is 2.63 bits per heavy atom. The molecule has 0 saturated carbocycles. The summed E-state index contributed by atoms with van der Waals surface area (Å²) in [7, 11) is 0. The van der Waals surface area contributed by atoms with Gasteiger partial charge in [-0.15, -0.1) is 0 Å². The molecule has 7 heteroatoms. The van der Waals surface area contributed by atoms with Crippen molar-refractivity contribution in [2.75, 3.05) is 18.5 Å². The summed E-state index contributed by atoms with van der Waals surface area (Å²) in [5.74, 6) is -0.859. The SMILES string of the molecule is Cc1cccn2cc(-c3ccc(NC4=CC(=O)N(CCO)C4=O)cc3)nc12. The number of imide groups is 1. The number of aliphatic hydroxyl groups excluding tert-OH is 1. The molecular weight excluding hydrogens is 344 g/mol. The maximum Gasteiger partial charge on any atom is 0.277 e.